The van der Waals surface area contributed by atoms with Gasteiger partial charge in [0.1, 0.15) is 29.9 Å². The van der Waals surface area contributed by atoms with Crippen LogP contribution >= 0.6 is 22.7 Å². The minimum Gasteiger partial charge on any atom is -0.444 e. The van der Waals surface area contributed by atoms with Crippen molar-refractivity contribution in [2.24, 2.45) is 5.73 Å². The number of hydrogen-bond donors (Lipinski definition) is 4. The number of rotatable bonds is 11. The fraction of sp³-hybridized carbons (Fsp3) is 0.392. The van der Waals surface area contributed by atoms with Crippen LogP contribution in [0.3, 0.4) is 0 Å². The normalized spacial score (nSPS) is 15.9. The molecule has 2 saturated heterocycles. The molecule has 20 nitrogen and oxygen atoms in total. The zero-order valence-corrected chi connectivity index (χ0v) is 43.6. The summed E-state index contributed by atoms with van der Waals surface area (Å²) in [6.45, 7) is 15.8. The molecule has 5 N–H and O–H groups in total. The Kier molecular flexibility index (Phi) is 19.5. The molecule has 2 aliphatic heterocycles. The van der Waals surface area contributed by atoms with Crippen LogP contribution in [0.5, 0.6) is 0 Å². The number of carbonyl (C=O) groups is 1. The molecule has 2 unspecified atom stereocenters. The van der Waals surface area contributed by atoms with E-state index in [-0.39, 0.29) is 34.6 Å². The van der Waals surface area contributed by atoms with E-state index >= 15 is 0 Å². The largest absolute Gasteiger partial charge is 0.444 e. The van der Waals surface area contributed by atoms with Gasteiger partial charge in [-0.2, -0.15) is 0 Å². The highest BCUT2D eigenvalue weighted by Gasteiger charge is 2.26. The summed E-state index contributed by atoms with van der Waals surface area (Å²) >= 11 is 3.19. The maximum absolute atomic E-state index is 12.2. The Labute approximate surface area is 432 Å². The van der Waals surface area contributed by atoms with Crippen LogP contribution in [0, 0.1) is 0 Å². The molecule has 0 radical (unpaired) electrons. The third-order valence-corrected chi connectivity index (χ3v) is 13.0. The van der Waals surface area contributed by atoms with Gasteiger partial charge in [0.2, 0.25) is 11.9 Å². The average Bonchev–Trinajstić information content (AvgIpc) is 4.25. The molecule has 0 bridgehead atoms. The highest BCUT2D eigenvalue weighted by atomic mass is 32.1. The minimum atomic E-state index is -0.390. The minimum absolute atomic E-state index is 0.0953. The number of thiophene rings is 2. The predicted molar refractivity (Wildman–Crippen MR) is 284 cm³/mol. The van der Waals surface area contributed by atoms with E-state index in [2.05, 4.69) is 55.0 Å². The number of piperidine rings is 2. The van der Waals surface area contributed by atoms with E-state index in [4.69, 9.17) is 20.4 Å². The first-order valence-electron chi connectivity index (χ1n) is 24.4. The molecule has 10 rings (SSSR count). The molecule has 0 aromatic carbocycles. The highest BCUT2D eigenvalue weighted by Crippen LogP contribution is 2.29. The van der Waals surface area contributed by atoms with Gasteiger partial charge in [0.05, 0.1) is 32.5 Å². The van der Waals surface area contributed by atoms with E-state index in [1.807, 2.05) is 91.2 Å². The van der Waals surface area contributed by atoms with Gasteiger partial charge < -0.3 is 25.8 Å². The summed E-state index contributed by atoms with van der Waals surface area (Å²) < 4.78 is 8.60. The molecular formula is C51H64N16O4S2. The number of aromatic nitrogens is 12. The lowest BCUT2D eigenvalue weighted by Crippen LogP contribution is -2.35. The molecule has 384 valence electrons. The second kappa shape index (κ2) is 26.5. The first-order valence-corrected chi connectivity index (χ1v) is 26.1. The number of H-pyrrole nitrogens is 2. The van der Waals surface area contributed by atoms with Gasteiger partial charge in [-0.25, -0.2) is 44.7 Å². The summed E-state index contributed by atoms with van der Waals surface area (Å²) in [6.07, 6.45) is 18.1. The third-order valence-electron chi connectivity index (χ3n) is 11.2. The van der Waals surface area contributed by atoms with Crippen LogP contribution in [0.1, 0.15) is 95.2 Å². The van der Waals surface area contributed by atoms with E-state index in [9.17, 15) is 14.4 Å². The number of ether oxygens (including phenoxy) is 1. The fourth-order valence-electron chi connectivity index (χ4n) is 8.16. The van der Waals surface area contributed by atoms with Crippen molar-refractivity contribution in [3.8, 4) is 33.0 Å². The van der Waals surface area contributed by atoms with Crippen LogP contribution in [0.15, 0.2) is 119 Å². The Morgan fingerprint density at radius 1 is 0.712 bits per heavy atom. The molecule has 2 aliphatic rings. The summed E-state index contributed by atoms with van der Waals surface area (Å²) in [6, 6.07) is 14.7. The van der Waals surface area contributed by atoms with Gasteiger partial charge in [-0.15, -0.1) is 22.7 Å². The first-order chi connectivity index (χ1) is 35.4. The van der Waals surface area contributed by atoms with E-state index in [0.29, 0.717) is 18.4 Å². The zero-order chi connectivity index (χ0) is 51.6. The maximum Gasteiger partial charge on any atom is 0.407 e. The number of aromatic amines is 2. The van der Waals surface area contributed by atoms with E-state index < -0.39 is 0 Å². The number of amides is 1. The molecule has 10 heterocycles. The van der Waals surface area contributed by atoms with Crippen LogP contribution < -0.4 is 22.2 Å². The van der Waals surface area contributed by atoms with Crippen molar-refractivity contribution in [2.75, 3.05) is 39.3 Å². The van der Waals surface area contributed by atoms with Crippen LogP contribution in [-0.2, 0) is 17.8 Å². The predicted octanol–water partition coefficient (Wildman–Crippen LogP) is 7.20. The Bertz CT molecular complexity index is 2820. The Morgan fingerprint density at radius 3 is 1.53 bits per heavy atom. The SMILES string of the molecule is CCN.CCNC(=O)OC(C)(C)C.O=c1cc(-c2cccs2)nc(C2CCCN(Cc3cn(-c4ncccn4)cn3)C2)[nH]1.O=c1cc(-c2cccs2)nc(C2CCCN(Cc3cn(-c4ncccn4)cn3)C2)[nH]1. The molecule has 8 aromatic heterocycles. The lowest BCUT2D eigenvalue weighted by atomic mass is 9.97. The molecule has 73 heavy (non-hydrogen) atoms. The monoisotopic (exact) mass is 1030 g/mol. The van der Waals surface area contributed by atoms with E-state index in [1.54, 1.807) is 84.4 Å². The summed E-state index contributed by atoms with van der Waals surface area (Å²) in [5.74, 6) is 3.18. The average molecular weight is 1030 g/mol. The molecule has 0 aliphatic carbocycles. The number of nitrogens with one attached hydrogen (secondary N) is 3. The van der Waals surface area contributed by atoms with Crippen molar-refractivity contribution >= 4 is 28.8 Å². The molecule has 22 heteroatoms. The van der Waals surface area contributed by atoms with E-state index in [0.717, 1.165) is 116 Å². The molecule has 2 fully saturated rings. The summed E-state index contributed by atoms with van der Waals surface area (Å²) in [5.41, 5.74) is 7.71. The van der Waals surface area contributed by atoms with Gasteiger partial charge in [0.15, 0.2) is 0 Å². The summed E-state index contributed by atoms with van der Waals surface area (Å²) in [7, 11) is 0. The second-order valence-electron chi connectivity index (χ2n) is 18.2. The lowest BCUT2D eigenvalue weighted by Gasteiger charge is -2.31. The Morgan fingerprint density at radius 2 is 1.15 bits per heavy atom. The number of likely N-dealkylation sites (tertiary alicyclic amines) is 2. The van der Waals surface area contributed by atoms with Crippen molar-refractivity contribution in [1.82, 2.24) is 74.1 Å². The molecule has 0 saturated carbocycles. The van der Waals surface area contributed by atoms with Crippen LogP contribution in [0.2, 0.25) is 0 Å². The molecular weight excluding hydrogens is 965 g/mol. The van der Waals surface area contributed by atoms with Crippen molar-refractivity contribution in [3.05, 3.63) is 153 Å². The van der Waals surface area contributed by atoms with Crippen molar-refractivity contribution < 1.29 is 9.53 Å². The first kappa shape index (κ1) is 53.7. The number of alkyl carbamates (subject to hydrolysis) is 1. The van der Waals surface area contributed by atoms with Crippen LogP contribution in [0.4, 0.5) is 4.79 Å². The van der Waals surface area contributed by atoms with Gasteiger partial charge in [0.25, 0.3) is 11.1 Å². The lowest BCUT2D eigenvalue weighted by molar-refractivity contribution is 0.0531. The van der Waals surface area contributed by atoms with Gasteiger partial charge in [0, 0.05) is 93.9 Å². The van der Waals surface area contributed by atoms with Crippen LogP contribution in [0.25, 0.3) is 33.0 Å². The number of hydrogen-bond acceptors (Lipinski definition) is 17. The van der Waals surface area contributed by atoms with Crippen molar-refractivity contribution in [1.29, 1.82) is 0 Å². The third kappa shape index (κ3) is 16.5. The Balaban J connectivity index is 0.000000173. The Hall–Kier alpha value is -7.11. The molecule has 0 spiro atoms. The standard InChI is InChI=1S/2C21H21N7OS.C7H15NO2.C2H7N/c2*29-19-10-17(18-5-2-9-30-18)25-20(26-19)15-4-1-8-27(11-15)12-16-13-28(14-24-16)21-22-6-3-7-23-21;1-5-8-6(9)10-7(2,3)4;1-2-3/h2*2-3,5-7,9-10,13-15H,1,4,8,11-12H2,(H,25,26,29);5H2,1-4H3,(H,8,9);2-3H2,1H3. The maximum atomic E-state index is 12.2. The van der Waals surface area contributed by atoms with E-state index in [1.165, 1.54) is 0 Å². The number of nitrogens with zero attached hydrogens (tertiary/aromatic N) is 12. The smallest absolute Gasteiger partial charge is 0.407 e. The highest BCUT2D eigenvalue weighted by molar-refractivity contribution is 7.13. The number of carbonyl (C=O) groups excluding carboxylic acids is 1. The molecule has 2 atom stereocenters. The second-order valence-corrected chi connectivity index (χ2v) is 20.1. The zero-order valence-electron chi connectivity index (χ0n) is 41.9. The van der Waals surface area contributed by atoms with Gasteiger partial charge in [-0.3, -0.25) is 28.5 Å². The van der Waals surface area contributed by atoms with Crippen molar-refractivity contribution in [2.45, 2.75) is 90.8 Å². The fourth-order valence-corrected chi connectivity index (χ4v) is 9.53. The molecule has 8 aromatic rings. The van der Waals surface area contributed by atoms with Gasteiger partial charge in [-0.1, -0.05) is 19.1 Å². The van der Waals surface area contributed by atoms with Gasteiger partial charge >= 0.3 is 6.09 Å². The summed E-state index contributed by atoms with van der Waals surface area (Å²) in [4.78, 5) is 83.5. The quantitative estimate of drug-likeness (QED) is 0.1000. The van der Waals surface area contributed by atoms with Gasteiger partial charge in [-0.05, 0) is 108 Å². The number of nitrogens with two attached hydrogens (primary N) is 1. The van der Waals surface area contributed by atoms with Crippen molar-refractivity contribution in [3.63, 3.8) is 0 Å². The summed E-state index contributed by atoms with van der Waals surface area (Å²) in [5, 5.41) is 6.54. The molecule has 1 amide bonds. The van der Waals surface area contributed by atoms with Crippen LogP contribution in [-0.4, -0.2) is 120 Å². The number of imidazole rings is 2. The topological polar surface area (TPSA) is 250 Å².